The molecule has 3 amide bonds. The van der Waals surface area contributed by atoms with Gasteiger partial charge in [-0.1, -0.05) is 62.4 Å². The van der Waals surface area contributed by atoms with Gasteiger partial charge >= 0.3 is 6.09 Å². The molecule has 12 heteroatoms. The van der Waals surface area contributed by atoms with E-state index in [0.29, 0.717) is 12.4 Å². The van der Waals surface area contributed by atoms with Crippen LogP contribution in [0.2, 0.25) is 0 Å². The predicted octanol–water partition coefficient (Wildman–Crippen LogP) is 6.63. The fourth-order valence-corrected chi connectivity index (χ4v) is 7.58. The molecule has 51 heavy (non-hydrogen) atoms. The Morgan fingerprint density at radius 3 is 1.63 bits per heavy atom. The van der Waals surface area contributed by atoms with Gasteiger partial charge in [0.25, 0.3) is 0 Å². The Labute approximate surface area is 299 Å². The highest BCUT2D eigenvalue weighted by molar-refractivity contribution is 5.85. The molecule has 12 nitrogen and oxygen atoms in total. The summed E-state index contributed by atoms with van der Waals surface area (Å²) in [6.07, 6.45) is 7.98. The van der Waals surface area contributed by atoms with Crippen LogP contribution in [0.5, 0.6) is 0 Å². The van der Waals surface area contributed by atoms with E-state index < -0.39 is 12.1 Å². The van der Waals surface area contributed by atoms with Crippen LogP contribution < -0.4 is 5.32 Å². The van der Waals surface area contributed by atoms with Crippen LogP contribution >= 0.6 is 0 Å². The molecule has 2 aliphatic rings. The molecule has 2 aromatic heterocycles. The number of nitrogens with zero attached hydrogens (tertiary/aromatic N) is 5. The third kappa shape index (κ3) is 7.85. The molecule has 2 aromatic carbocycles. The van der Waals surface area contributed by atoms with Crippen LogP contribution in [-0.2, 0) is 9.59 Å². The van der Waals surface area contributed by atoms with Crippen LogP contribution in [0.15, 0.2) is 60.9 Å². The Balaban J connectivity index is 1.10. The van der Waals surface area contributed by atoms with Gasteiger partial charge in [-0.15, -0.1) is 0 Å². The van der Waals surface area contributed by atoms with Crippen molar-refractivity contribution in [3.63, 3.8) is 0 Å². The molecular formula is C39H50N8O4. The summed E-state index contributed by atoms with van der Waals surface area (Å²) in [5.41, 5.74) is 5.97. The minimum absolute atomic E-state index is 0.0352. The number of H-pyrrole nitrogens is 2. The minimum atomic E-state index is -1.22. The number of carbonyl (C=O) groups is 3. The van der Waals surface area contributed by atoms with Gasteiger partial charge in [0.05, 0.1) is 41.9 Å². The summed E-state index contributed by atoms with van der Waals surface area (Å²) in [5, 5.41) is 11.3. The maximum Gasteiger partial charge on any atom is 0.405 e. The van der Waals surface area contributed by atoms with E-state index in [9.17, 15) is 14.4 Å². The number of aromatic amines is 2. The third-order valence-corrected chi connectivity index (χ3v) is 10.3. The SMILES string of the molecule is CCCN(CCC)[C@H](C)C(=O)N1CCC[C@H]1c1ncc(-c2ccc(-c3ccc(-c4cnc([C@@H]5CCCN5C(=O)[C@H](C)NC(=O)O)[nH]4)cc3)cc2)[nH]1. The molecule has 0 saturated carbocycles. The van der Waals surface area contributed by atoms with Gasteiger partial charge in [0.2, 0.25) is 11.8 Å². The van der Waals surface area contributed by atoms with Gasteiger partial charge in [-0.3, -0.25) is 14.5 Å². The van der Waals surface area contributed by atoms with Crippen LogP contribution in [0.3, 0.4) is 0 Å². The number of amides is 3. The van der Waals surface area contributed by atoms with Crippen LogP contribution in [0.4, 0.5) is 4.79 Å². The maximum atomic E-state index is 13.6. The van der Waals surface area contributed by atoms with Crippen molar-refractivity contribution in [1.82, 2.24) is 40.0 Å². The second kappa shape index (κ2) is 15.9. The molecule has 0 bridgehead atoms. The molecule has 2 saturated heterocycles. The second-order valence-corrected chi connectivity index (χ2v) is 13.8. The second-order valence-electron chi connectivity index (χ2n) is 13.8. The highest BCUT2D eigenvalue weighted by Gasteiger charge is 2.36. The Morgan fingerprint density at radius 2 is 1.20 bits per heavy atom. The van der Waals surface area contributed by atoms with E-state index in [1.54, 1.807) is 18.0 Å². The number of benzene rings is 2. The number of likely N-dealkylation sites (tertiary alicyclic amines) is 2. The van der Waals surface area contributed by atoms with Crippen LogP contribution in [0.25, 0.3) is 33.6 Å². The summed E-state index contributed by atoms with van der Waals surface area (Å²) >= 11 is 0. The first-order valence-electron chi connectivity index (χ1n) is 18.3. The molecule has 6 rings (SSSR count). The largest absolute Gasteiger partial charge is 0.465 e. The van der Waals surface area contributed by atoms with Crippen molar-refractivity contribution in [3.05, 3.63) is 72.6 Å². The number of carboxylic acid groups (broad SMARTS) is 1. The third-order valence-electron chi connectivity index (χ3n) is 10.3. The lowest BCUT2D eigenvalue weighted by atomic mass is 10.0. The molecule has 2 fully saturated rings. The highest BCUT2D eigenvalue weighted by Crippen LogP contribution is 2.34. The molecule has 4 atom stereocenters. The van der Waals surface area contributed by atoms with Gasteiger partial charge in [0.1, 0.15) is 17.7 Å². The van der Waals surface area contributed by atoms with Crippen molar-refractivity contribution >= 4 is 17.9 Å². The van der Waals surface area contributed by atoms with Crippen molar-refractivity contribution in [2.24, 2.45) is 0 Å². The van der Waals surface area contributed by atoms with E-state index in [4.69, 9.17) is 10.1 Å². The normalized spacial score (nSPS) is 18.7. The van der Waals surface area contributed by atoms with Crippen molar-refractivity contribution in [2.45, 2.75) is 90.4 Å². The lowest BCUT2D eigenvalue weighted by molar-refractivity contribution is -0.137. The van der Waals surface area contributed by atoms with Gasteiger partial charge in [-0.05, 0) is 87.7 Å². The molecule has 4 aromatic rings. The first-order chi connectivity index (χ1) is 24.7. The Bertz CT molecular complexity index is 1790. The van der Waals surface area contributed by atoms with Crippen LogP contribution in [-0.4, -0.2) is 95.9 Å². The standard InChI is InChI=1S/C39H50N8O4/c1-5-19-45(20-6-2)26(4)38(49)47-22-8-10-34(47)36-41-24-32(44-36)30-17-13-28(14-18-30)27-11-15-29(16-12-27)31-23-40-35(43-31)33-9-7-21-46(33)37(48)25(3)42-39(50)51/h11-18,23-26,33-34,42H,5-10,19-22H2,1-4H3,(H,40,43)(H,41,44)(H,50,51)/t25-,26+,33-,34-/m0/s1. The first kappa shape index (κ1) is 35.8. The molecule has 270 valence electrons. The quantitative estimate of drug-likeness (QED) is 0.123. The molecule has 4 heterocycles. The van der Waals surface area contributed by atoms with E-state index in [1.807, 2.05) is 18.0 Å². The average Bonchev–Trinajstić information content (AvgIpc) is 3.97. The molecule has 4 N–H and O–H groups in total. The first-order valence-corrected chi connectivity index (χ1v) is 18.3. The molecule has 0 unspecified atom stereocenters. The van der Waals surface area contributed by atoms with E-state index in [1.165, 1.54) is 0 Å². The van der Waals surface area contributed by atoms with Crippen molar-refractivity contribution in [3.8, 4) is 33.6 Å². The Morgan fingerprint density at radius 1 is 0.765 bits per heavy atom. The topological polar surface area (TPSA) is 151 Å². The fourth-order valence-electron chi connectivity index (χ4n) is 7.58. The molecular weight excluding hydrogens is 644 g/mol. The van der Waals surface area contributed by atoms with Gasteiger partial charge in [-0.2, -0.15) is 0 Å². The summed E-state index contributed by atoms with van der Waals surface area (Å²) in [7, 11) is 0. The summed E-state index contributed by atoms with van der Waals surface area (Å²) < 4.78 is 0. The van der Waals surface area contributed by atoms with E-state index in [0.717, 1.165) is 97.6 Å². The number of hydrogen-bond acceptors (Lipinski definition) is 6. The number of carbonyl (C=O) groups excluding carboxylic acids is 2. The van der Waals surface area contributed by atoms with Gasteiger partial charge in [-0.25, -0.2) is 14.8 Å². The Hall–Kier alpha value is -4.97. The average molecular weight is 695 g/mol. The summed E-state index contributed by atoms with van der Waals surface area (Å²) in [6.45, 7) is 11.1. The molecule has 0 spiro atoms. The number of rotatable bonds is 13. The fraction of sp³-hybridized carbons (Fsp3) is 0.462. The zero-order valence-corrected chi connectivity index (χ0v) is 30.1. The minimum Gasteiger partial charge on any atom is -0.465 e. The zero-order chi connectivity index (χ0) is 36.1. The molecule has 0 radical (unpaired) electrons. The Kier molecular flexibility index (Phi) is 11.2. The lowest BCUT2D eigenvalue weighted by Crippen LogP contribution is -2.47. The summed E-state index contributed by atoms with van der Waals surface area (Å²) in [4.78, 5) is 59.9. The van der Waals surface area contributed by atoms with Gasteiger partial charge < -0.3 is 30.2 Å². The molecule has 2 aliphatic heterocycles. The van der Waals surface area contributed by atoms with E-state index in [-0.39, 0.29) is 29.9 Å². The van der Waals surface area contributed by atoms with E-state index in [2.05, 4.69) is 87.5 Å². The van der Waals surface area contributed by atoms with Crippen LogP contribution in [0.1, 0.15) is 90.0 Å². The summed E-state index contributed by atoms with van der Waals surface area (Å²) in [5.74, 6) is 1.49. The number of nitrogens with one attached hydrogen (secondary N) is 3. The van der Waals surface area contributed by atoms with Crippen molar-refractivity contribution in [1.29, 1.82) is 0 Å². The highest BCUT2D eigenvalue weighted by atomic mass is 16.4. The van der Waals surface area contributed by atoms with E-state index >= 15 is 0 Å². The lowest BCUT2D eigenvalue weighted by Gasteiger charge is -2.33. The van der Waals surface area contributed by atoms with Crippen LogP contribution in [0, 0.1) is 0 Å². The smallest absolute Gasteiger partial charge is 0.405 e. The van der Waals surface area contributed by atoms with Gasteiger partial charge in [0, 0.05) is 13.1 Å². The predicted molar refractivity (Wildman–Crippen MR) is 197 cm³/mol. The summed E-state index contributed by atoms with van der Waals surface area (Å²) in [6, 6.07) is 15.5. The number of hydrogen-bond donors (Lipinski definition) is 4. The molecule has 0 aliphatic carbocycles. The van der Waals surface area contributed by atoms with Crippen molar-refractivity contribution < 1.29 is 19.5 Å². The zero-order valence-electron chi connectivity index (χ0n) is 30.1. The maximum absolute atomic E-state index is 13.6. The van der Waals surface area contributed by atoms with Gasteiger partial charge in [0.15, 0.2) is 0 Å². The monoisotopic (exact) mass is 694 g/mol. The number of aromatic nitrogens is 4. The number of imidazole rings is 2. The van der Waals surface area contributed by atoms with Crippen molar-refractivity contribution in [2.75, 3.05) is 26.2 Å².